The molecule has 1 amide bonds. The number of halogens is 3. The van der Waals surface area contributed by atoms with Gasteiger partial charge in [-0.05, 0) is 43.7 Å². The van der Waals surface area contributed by atoms with Gasteiger partial charge >= 0.3 is 0 Å². The Bertz CT molecular complexity index is 1130. The van der Waals surface area contributed by atoms with Gasteiger partial charge < -0.3 is 10.1 Å². The molecule has 2 aromatic carbocycles. The monoisotopic (exact) mass is 421 g/mol. The number of aromatic amines is 1. The van der Waals surface area contributed by atoms with E-state index in [2.05, 4.69) is 15.5 Å². The van der Waals surface area contributed by atoms with Crippen molar-refractivity contribution in [2.75, 3.05) is 5.32 Å². The predicted octanol–water partition coefficient (Wildman–Crippen LogP) is 4.88. The Morgan fingerprint density at radius 3 is 2.61 bits per heavy atom. The van der Waals surface area contributed by atoms with Crippen LogP contribution in [0.15, 0.2) is 41.2 Å². The number of aromatic nitrogens is 2. The summed E-state index contributed by atoms with van der Waals surface area (Å²) in [4.78, 5) is 24.3. The largest absolute Gasteiger partial charge is 0.453 e. The van der Waals surface area contributed by atoms with Crippen molar-refractivity contribution in [2.45, 2.75) is 13.8 Å². The normalized spacial score (nSPS) is 10.6. The molecule has 28 heavy (non-hydrogen) atoms. The van der Waals surface area contributed by atoms with Crippen LogP contribution in [0.4, 0.5) is 10.1 Å². The number of hydrogen-bond donors (Lipinski definition) is 2. The topological polar surface area (TPSA) is 84.1 Å². The van der Waals surface area contributed by atoms with Gasteiger partial charge in [-0.15, -0.1) is 0 Å². The first-order valence-corrected chi connectivity index (χ1v) is 8.81. The molecule has 0 atom stereocenters. The molecule has 9 heteroatoms. The molecule has 0 saturated heterocycles. The summed E-state index contributed by atoms with van der Waals surface area (Å²) in [6.07, 6.45) is 0. The number of ether oxygens (including phenoxy) is 1. The van der Waals surface area contributed by atoms with Crippen LogP contribution in [0.3, 0.4) is 0 Å². The molecule has 144 valence electrons. The van der Waals surface area contributed by atoms with Crippen LogP contribution >= 0.6 is 23.2 Å². The van der Waals surface area contributed by atoms with Crippen LogP contribution in [-0.4, -0.2) is 16.1 Å². The molecular weight excluding hydrogens is 408 g/mol. The quantitative estimate of drug-likeness (QED) is 0.628. The van der Waals surface area contributed by atoms with Crippen molar-refractivity contribution in [3.05, 3.63) is 79.4 Å². The summed E-state index contributed by atoms with van der Waals surface area (Å²) in [5.74, 6) is -1.31. The number of nitrogens with one attached hydrogen (secondary N) is 2. The number of amides is 1. The SMILES string of the molecule is Cc1n[nH]c(=O)c(C(=O)Nc2ccc(Oc3cc(Cl)ccc3Cl)c(F)c2)c1C. The summed E-state index contributed by atoms with van der Waals surface area (Å²) in [5.41, 5.74) is 0.395. The summed E-state index contributed by atoms with van der Waals surface area (Å²) < 4.78 is 19.9. The molecule has 6 nitrogen and oxygen atoms in total. The highest BCUT2D eigenvalue weighted by molar-refractivity contribution is 6.34. The van der Waals surface area contributed by atoms with Crippen LogP contribution in [0.2, 0.25) is 10.0 Å². The van der Waals surface area contributed by atoms with E-state index in [1.807, 2.05) is 0 Å². The number of aryl methyl sites for hydroxylation is 1. The predicted molar refractivity (Wildman–Crippen MR) is 105 cm³/mol. The Labute approximate surface area is 169 Å². The molecule has 1 aromatic heterocycles. The first-order valence-electron chi connectivity index (χ1n) is 8.06. The second kappa shape index (κ2) is 8.00. The summed E-state index contributed by atoms with van der Waals surface area (Å²) in [6, 6.07) is 8.41. The molecule has 0 radical (unpaired) electrons. The molecule has 0 aliphatic heterocycles. The first kappa shape index (κ1) is 19.9. The molecule has 0 aliphatic carbocycles. The average molecular weight is 422 g/mol. The lowest BCUT2D eigenvalue weighted by Gasteiger charge is -2.11. The molecule has 3 rings (SSSR count). The van der Waals surface area contributed by atoms with Crippen molar-refractivity contribution in [3.8, 4) is 11.5 Å². The maximum Gasteiger partial charge on any atom is 0.277 e. The van der Waals surface area contributed by atoms with Crippen molar-refractivity contribution in [1.82, 2.24) is 10.2 Å². The zero-order chi connectivity index (χ0) is 20.4. The van der Waals surface area contributed by atoms with Crippen LogP contribution in [-0.2, 0) is 0 Å². The highest BCUT2D eigenvalue weighted by atomic mass is 35.5. The number of carbonyl (C=O) groups excluding carboxylic acids is 1. The van der Waals surface area contributed by atoms with Crippen LogP contribution < -0.4 is 15.6 Å². The Morgan fingerprint density at radius 2 is 1.89 bits per heavy atom. The molecule has 0 spiro atoms. The number of benzene rings is 2. The van der Waals surface area contributed by atoms with E-state index in [0.717, 1.165) is 6.07 Å². The van der Waals surface area contributed by atoms with E-state index in [1.54, 1.807) is 19.9 Å². The lowest BCUT2D eigenvalue weighted by atomic mass is 10.1. The van der Waals surface area contributed by atoms with Crippen molar-refractivity contribution < 1.29 is 13.9 Å². The van der Waals surface area contributed by atoms with Crippen molar-refractivity contribution in [2.24, 2.45) is 0 Å². The fourth-order valence-corrected chi connectivity index (χ4v) is 2.75. The molecule has 1 heterocycles. The van der Waals surface area contributed by atoms with E-state index in [4.69, 9.17) is 27.9 Å². The van der Waals surface area contributed by atoms with E-state index in [-0.39, 0.29) is 27.8 Å². The minimum Gasteiger partial charge on any atom is -0.453 e. The number of carbonyl (C=O) groups is 1. The van der Waals surface area contributed by atoms with Crippen LogP contribution in [0.1, 0.15) is 21.6 Å². The molecule has 0 bridgehead atoms. The molecule has 0 saturated carbocycles. The third-order valence-electron chi connectivity index (χ3n) is 4.00. The van der Waals surface area contributed by atoms with Crippen molar-refractivity contribution in [1.29, 1.82) is 0 Å². The van der Waals surface area contributed by atoms with Crippen LogP contribution in [0, 0.1) is 19.7 Å². The van der Waals surface area contributed by atoms with Gasteiger partial charge in [0, 0.05) is 22.8 Å². The standard InChI is InChI=1S/C19H14Cl2FN3O3/c1-9-10(2)24-25-19(27)17(9)18(26)23-12-4-6-15(14(22)8-12)28-16-7-11(20)3-5-13(16)21/h3-8H,1-2H3,(H,23,26)(H,25,27). The molecule has 0 aliphatic rings. The van der Waals surface area contributed by atoms with E-state index in [1.165, 1.54) is 24.3 Å². The van der Waals surface area contributed by atoms with Crippen molar-refractivity contribution in [3.63, 3.8) is 0 Å². The van der Waals surface area contributed by atoms with E-state index < -0.39 is 17.3 Å². The summed E-state index contributed by atoms with van der Waals surface area (Å²) >= 11 is 11.9. The zero-order valence-corrected chi connectivity index (χ0v) is 16.3. The summed E-state index contributed by atoms with van der Waals surface area (Å²) in [7, 11) is 0. The molecule has 0 unspecified atom stereocenters. The Morgan fingerprint density at radius 1 is 1.14 bits per heavy atom. The minimum absolute atomic E-state index is 0.0843. The fourth-order valence-electron chi connectivity index (χ4n) is 2.43. The van der Waals surface area contributed by atoms with Gasteiger partial charge in [0.15, 0.2) is 11.6 Å². The van der Waals surface area contributed by atoms with Crippen molar-refractivity contribution >= 4 is 34.8 Å². The maximum absolute atomic E-state index is 14.4. The maximum atomic E-state index is 14.4. The Hall–Kier alpha value is -2.90. The van der Waals surface area contributed by atoms with E-state index in [9.17, 15) is 14.0 Å². The zero-order valence-electron chi connectivity index (χ0n) is 14.8. The van der Waals surface area contributed by atoms with Gasteiger partial charge in [0.25, 0.3) is 11.5 Å². The number of rotatable bonds is 4. The third-order valence-corrected chi connectivity index (χ3v) is 4.55. The molecule has 2 N–H and O–H groups in total. The van der Waals surface area contributed by atoms with E-state index in [0.29, 0.717) is 16.3 Å². The lowest BCUT2D eigenvalue weighted by Crippen LogP contribution is -2.26. The second-order valence-electron chi connectivity index (χ2n) is 5.91. The fraction of sp³-hybridized carbons (Fsp3) is 0.105. The van der Waals surface area contributed by atoms with Gasteiger partial charge in [0.2, 0.25) is 0 Å². The highest BCUT2D eigenvalue weighted by Crippen LogP contribution is 2.33. The van der Waals surface area contributed by atoms with Gasteiger partial charge in [-0.3, -0.25) is 9.59 Å². The Balaban J connectivity index is 1.83. The molecular formula is C19H14Cl2FN3O3. The smallest absolute Gasteiger partial charge is 0.277 e. The van der Waals surface area contributed by atoms with Gasteiger partial charge in [-0.25, -0.2) is 9.49 Å². The summed E-state index contributed by atoms with van der Waals surface area (Å²) in [6.45, 7) is 3.27. The minimum atomic E-state index is -0.731. The van der Waals surface area contributed by atoms with Crippen LogP contribution in [0.5, 0.6) is 11.5 Å². The number of nitrogens with zero attached hydrogens (tertiary/aromatic N) is 1. The number of anilines is 1. The molecule has 3 aromatic rings. The second-order valence-corrected chi connectivity index (χ2v) is 6.76. The van der Waals surface area contributed by atoms with Crippen LogP contribution in [0.25, 0.3) is 0 Å². The average Bonchev–Trinajstić information content (AvgIpc) is 2.64. The number of H-pyrrole nitrogens is 1. The Kier molecular flexibility index (Phi) is 5.67. The van der Waals surface area contributed by atoms with Gasteiger partial charge in [0.1, 0.15) is 11.3 Å². The van der Waals surface area contributed by atoms with Gasteiger partial charge in [-0.1, -0.05) is 23.2 Å². The van der Waals surface area contributed by atoms with Gasteiger partial charge in [0.05, 0.1) is 10.7 Å². The molecule has 0 fully saturated rings. The number of hydrogen-bond acceptors (Lipinski definition) is 4. The first-order chi connectivity index (χ1) is 13.3. The third kappa shape index (κ3) is 4.16. The summed E-state index contributed by atoms with van der Waals surface area (Å²) in [5, 5.41) is 9.19. The van der Waals surface area contributed by atoms with Gasteiger partial charge in [-0.2, -0.15) is 5.10 Å². The lowest BCUT2D eigenvalue weighted by molar-refractivity contribution is 0.102. The highest BCUT2D eigenvalue weighted by Gasteiger charge is 2.17. The van der Waals surface area contributed by atoms with E-state index >= 15 is 0 Å².